The van der Waals surface area contributed by atoms with Gasteiger partial charge in [-0.3, -0.25) is 4.79 Å². The number of nitrogens with one attached hydrogen (secondary N) is 2. The highest BCUT2D eigenvalue weighted by atomic mass is 16.1. The summed E-state index contributed by atoms with van der Waals surface area (Å²) in [6, 6.07) is 0. The average Bonchev–Trinajstić information content (AvgIpc) is 2.00. The summed E-state index contributed by atoms with van der Waals surface area (Å²) >= 11 is 0. The topological polar surface area (TPSA) is 44.4 Å². The van der Waals surface area contributed by atoms with E-state index in [9.17, 15) is 4.79 Å². The van der Waals surface area contributed by atoms with Crippen LogP contribution in [0.5, 0.6) is 0 Å². The minimum atomic E-state index is 0.0389. The van der Waals surface area contributed by atoms with Gasteiger partial charge in [-0.05, 0) is 14.1 Å². The van der Waals surface area contributed by atoms with Gasteiger partial charge in [0.2, 0.25) is 5.91 Å². The van der Waals surface area contributed by atoms with Crippen molar-refractivity contribution in [2.75, 3.05) is 40.3 Å². The maximum atomic E-state index is 10.5. The molecule has 0 aromatic heterocycles. The van der Waals surface area contributed by atoms with Crippen molar-refractivity contribution in [2.24, 2.45) is 0 Å². The van der Waals surface area contributed by atoms with Crippen LogP contribution >= 0.6 is 0 Å². The molecular weight excluding hydrogens is 154 g/mol. The molecule has 0 aromatic rings. The van der Waals surface area contributed by atoms with E-state index >= 15 is 0 Å². The van der Waals surface area contributed by atoms with Crippen LogP contribution in [0.25, 0.3) is 0 Å². The Morgan fingerprint density at radius 1 is 1.33 bits per heavy atom. The van der Waals surface area contributed by atoms with Crippen LogP contribution in [-0.4, -0.2) is 51.1 Å². The zero-order valence-corrected chi connectivity index (χ0v) is 8.18. The number of amides is 1. The standard InChI is InChI=1S/C8H19N3O/c1-8(12)10-5-7-11(3)6-4-9-2/h9H,4-7H2,1-3H3,(H,10,12). The molecule has 0 heterocycles. The molecule has 0 bridgehead atoms. The van der Waals surface area contributed by atoms with Crippen molar-refractivity contribution < 1.29 is 4.79 Å². The molecule has 1 amide bonds. The lowest BCUT2D eigenvalue weighted by atomic mass is 10.5. The Morgan fingerprint density at radius 2 is 1.92 bits per heavy atom. The molecule has 0 unspecified atom stereocenters. The van der Waals surface area contributed by atoms with Crippen LogP contribution in [0.2, 0.25) is 0 Å². The second-order valence-electron chi connectivity index (χ2n) is 2.89. The lowest BCUT2D eigenvalue weighted by Crippen LogP contribution is -2.34. The average molecular weight is 173 g/mol. The van der Waals surface area contributed by atoms with Gasteiger partial charge >= 0.3 is 0 Å². The summed E-state index contributed by atoms with van der Waals surface area (Å²) < 4.78 is 0. The molecule has 0 aromatic carbocycles. The van der Waals surface area contributed by atoms with E-state index < -0.39 is 0 Å². The highest BCUT2D eigenvalue weighted by Crippen LogP contribution is 1.78. The van der Waals surface area contributed by atoms with Crippen LogP contribution in [0, 0.1) is 0 Å². The first kappa shape index (κ1) is 11.4. The van der Waals surface area contributed by atoms with Gasteiger partial charge in [-0.15, -0.1) is 0 Å². The predicted molar refractivity (Wildman–Crippen MR) is 50.1 cm³/mol. The zero-order chi connectivity index (χ0) is 9.40. The summed E-state index contributed by atoms with van der Waals surface area (Å²) in [5.41, 5.74) is 0. The van der Waals surface area contributed by atoms with Gasteiger partial charge in [0.15, 0.2) is 0 Å². The fourth-order valence-corrected chi connectivity index (χ4v) is 0.837. The van der Waals surface area contributed by atoms with Gasteiger partial charge in [0, 0.05) is 33.1 Å². The summed E-state index contributed by atoms with van der Waals surface area (Å²) in [7, 11) is 3.97. The van der Waals surface area contributed by atoms with E-state index in [4.69, 9.17) is 0 Å². The molecule has 0 spiro atoms. The monoisotopic (exact) mass is 173 g/mol. The number of hydrogen-bond donors (Lipinski definition) is 2. The minimum absolute atomic E-state index is 0.0389. The van der Waals surface area contributed by atoms with E-state index in [0.29, 0.717) is 0 Å². The Bertz CT molecular complexity index is 127. The molecule has 0 aliphatic rings. The van der Waals surface area contributed by atoms with Crippen LogP contribution in [0.1, 0.15) is 6.92 Å². The molecule has 0 saturated heterocycles. The van der Waals surface area contributed by atoms with E-state index in [-0.39, 0.29) is 5.91 Å². The molecular formula is C8H19N3O. The van der Waals surface area contributed by atoms with Crippen LogP contribution in [0.15, 0.2) is 0 Å². The van der Waals surface area contributed by atoms with Crippen molar-refractivity contribution in [3.05, 3.63) is 0 Å². The van der Waals surface area contributed by atoms with Crippen molar-refractivity contribution in [2.45, 2.75) is 6.92 Å². The third-order valence-electron chi connectivity index (χ3n) is 1.61. The van der Waals surface area contributed by atoms with Gasteiger partial charge < -0.3 is 15.5 Å². The number of carbonyl (C=O) groups is 1. The van der Waals surface area contributed by atoms with Crippen molar-refractivity contribution in [1.82, 2.24) is 15.5 Å². The van der Waals surface area contributed by atoms with Crippen molar-refractivity contribution in [3.8, 4) is 0 Å². The third-order valence-corrected chi connectivity index (χ3v) is 1.61. The summed E-state index contributed by atoms with van der Waals surface area (Å²) in [5, 5.41) is 5.82. The maximum Gasteiger partial charge on any atom is 0.216 e. The molecule has 0 fully saturated rings. The van der Waals surface area contributed by atoms with Gasteiger partial charge in [-0.25, -0.2) is 0 Å². The Balaban J connectivity index is 3.19. The van der Waals surface area contributed by atoms with Crippen molar-refractivity contribution in [1.29, 1.82) is 0 Å². The Kier molecular flexibility index (Phi) is 6.70. The molecule has 12 heavy (non-hydrogen) atoms. The molecule has 4 nitrogen and oxygen atoms in total. The summed E-state index contributed by atoms with van der Waals surface area (Å²) in [6.07, 6.45) is 0. The Hall–Kier alpha value is -0.610. The minimum Gasteiger partial charge on any atom is -0.355 e. The van der Waals surface area contributed by atoms with E-state index in [1.807, 2.05) is 14.1 Å². The molecule has 0 rings (SSSR count). The van der Waals surface area contributed by atoms with Gasteiger partial charge in [-0.2, -0.15) is 0 Å². The molecule has 0 aliphatic carbocycles. The molecule has 0 radical (unpaired) electrons. The SMILES string of the molecule is CNCCN(C)CCNC(C)=O. The summed E-state index contributed by atoms with van der Waals surface area (Å²) in [4.78, 5) is 12.7. The smallest absolute Gasteiger partial charge is 0.216 e. The third kappa shape index (κ3) is 7.50. The molecule has 0 atom stereocenters. The second-order valence-corrected chi connectivity index (χ2v) is 2.89. The summed E-state index contributed by atoms with van der Waals surface area (Å²) in [6.45, 7) is 5.16. The number of rotatable bonds is 6. The number of likely N-dealkylation sites (N-methyl/N-ethyl adjacent to an activating group) is 2. The van der Waals surface area contributed by atoms with Gasteiger partial charge in [0.1, 0.15) is 0 Å². The van der Waals surface area contributed by atoms with Gasteiger partial charge in [0.05, 0.1) is 0 Å². The van der Waals surface area contributed by atoms with Crippen LogP contribution < -0.4 is 10.6 Å². The Morgan fingerprint density at radius 3 is 2.42 bits per heavy atom. The molecule has 2 N–H and O–H groups in total. The van der Waals surface area contributed by atoms with E-state index in [2.05, 4.69) is 15.5 Å². The highest BCUT2D eigenvalue weighted by molar-refractivity contribution is 5.72. The predicted octanol–water partition coefficient (Wildman–Crippen LogP) is -0.726. The van der Waals surface area contributed by atoms with Crippen LogP contribution in [0.4, 0.5) is 0 Å². The summed E-state index contributed by atoms with van der Waals surface area (Å²) in [5.74, 6) is 0.0389. The lowest BCUT2D eigenvalue weighted by Gasteiger charge is -2.15. The lowest BCUT2D eigenvalue weighted by molar-refractivity contribution is -0.118. The van der Waals surface area contributed by atoms with Gasteiger partial charge in [0.25, 0.3) is 0 Å². The van der Waals surface area contributed by atoms with E-state index in [0.717, 1.165) is 26.2 Å². The Labute approximate surface area is 74.3 Å². The zero-order valence-electron chi connectivity index (χ0n) is 8.18. The number of hydrogen-bond acceptors (Lipinski definition) is 3. The molecule has 0 saturated carbocycles. The highest BCUT2D eigenvalue weighted by Gasteiger charge is 1.96. The fourth-order valence-electron chi connectivity index (χ4n) is 0.837. The maximum absolute atomic E-state index is 10.5. The molecule has 4 heteroatoms. The fraction of sp³-hybridized carbons (Fsp3) is 0.875. The number of carbonyl (C=O) groups excluding carboxylic acids is 1. The quantitative estimate of drug-likeness (QED) is 0.557. The van der Waals surface area contributed by atoms with Crippen molar-refractivity contribution in [3.63, 3.8) is 0 Å². The largest absolute Gasteiger partial charge is 0.355 e. The number of nitrogens with zero attached hydrogens (tertiary/aromatic N) is 1. The first-order valence-electron chi connectivity index (χ1n) is 4.24. The van der Waals surface area contributed by atoms with Crippen LogP contribution in [-0.2, 0) is 4.79 Å². The first-order chi connectivity index (χ1) is 5.66. The van der Waals surface area contributed by atoms with E-state index in [1.54, 1.807) is 0 Å². The van der Waals surface area contributed by atoms with Gasteiger partial charge in [-0.1, -0.05) is 0 Å². The molecule has 72 valence electrons. The van der Waals surface area contributed by atoms with E-state index in [1.165, 1.54) is 6.92 Å². The molecule has 0 aliphatic heterocycles. The second kappa shape index (κ2) is 7.06. The van der Waals surface area contributed by atoms with Crippen LogP contribution in [0.3, 0.4) is 0 Å². The van der Waals surface area contributed by atoms with Crippen molar-refractivity contribution >= 4 is 5.91 Å². The first-order valence-corrected chi connectivity index (χ1v) is 4.24. The normalized spacial score (nSPS) is 10.3.